The molecule has 21 heavy (non-hydrogen) atoms. The Kier molecular flexibility index (Phi) is 3.22. The number of fused-ring (bicyclic) bond motifs is 1. The molecular formula is C13H11N5O2S. The maximum absolute atomic E-state index is 12.2. The Morgan fingerprint density at radius 1 is 1.38 bits per heavy atom. The summed E-state index contributed by atoms with van der Waals surface area (Å²) in [5, 5.41) is 12.0. The fourth-order valence-corrected chi connectivity index (χ4v) is 2.56. The monoisotopic (exact) mass is 301 g/mol. The largest absolute Gasteiger partial charge is 0.296 e. The normalized spacial score (nSPS) is 10.8. The molecule has 0 spiro atoms. The number of carbonyl (C=O) groups is 1. The molecule has 0 unspecified atom stereocenters. The Hall–Kier alpha value is -2.61. The first-order valence-corrected chi connectivity index (χ1v) is 6.94. The molecule has 8 heteroatoms. The molecule has 0 aliphatic carbocycles. The smallest absolute Gasteiger partial charge is 0.264 e. The van der Waals surface area contributed by atoms with Crippen molar-refractivity contribution in [3.63, 3.8) is 0 Å². The minimum atomic E-state index is -0.502. The molecule has 3 aromatic heterocycles. The molecule has 1 amide bonds. The average Bonchev–Trinajstić information content (AvgIpc) is 2.88. The molecule has 7 nitrogen and oxygen atoms in total. The van der Waals surface area contributed by atoms with Crippen LogP contribution in [0.15, 0.2) is 29.2 Å². The molecule has 0 radical (unpaired) electrons. The molecule has 0 aromatic carbocycles. The number of nitrogens with zero attached hydrogens (tertiary/aromatic N) is 4. The van der Waals surface area contributed by atoms with Crippen molar-refractivity contribution in [3.8, 4) is 0 Å². The molecule has 0 atom stereocenters. The highest BCUT2D eigenvalue weighted by Crippen LogP contribution is 2.15. The molecule has 1 N–H and O–H groups in total. The number of aromatic nitrogens is 4. The lowest BCUT2D eigenvalue weighted by atomic mass is 10.2. The zero-order valence-corrected chi connectivity index (χ0v) is 12.1. The van der Waals surface area contributed by atoms with E-state index in [0.29, 0.717) is 10.8 Å². The zero-order valence-electron chi connectivity index (χ0n) is 11.3. The minimum Gasteiger partial charge on any atom is -0.296 e. The van der Waals surface area contributed by atoms with Crippen LogP contribution in [-0.4, -0.2) is 25.7 Å². The van der Waals surface area contributed by atoms with Gasteiger partial charge in [0.05, 0.1) is 0 Å². The predicted octanol–water partition coefficient (Wildman–Crippen LogP) is 1.35. The van der Waals surface area contributed by atoms with Gasteiger partial charge in [-0.3, -0.25) is 19.5 Å². The van der Waals surface area contributed by atoms with Gasteiger partial charge in [-0.25, -0.2) is 4.98 Å². The van der Waals surface area contributed by atoms with Crippen LogP contribution in [0.3, 0.4) is 0 Å². The van der Waals surface area contributed by atoms with Crippen molar-refractivity contribution in [2.45, 2.75) is 6.92 Å². The summed E-state index contributed by atoms with van der Waals surface area (Å²) in [6.07, 6.45) is 1.60. The van der Waals surface area contributed by atoms with Crippen LogP contribution in [0.5, 0.6) is 0 Å². The number of aryl methyl sites for hydroxylation is 2. The van der Waals surface area contributed by atoms with Crippen molar-refractivity contribution in [1.82, 2.24) is 19.7 Å². The summed E-state index contributed by atoms with van der Waals surface area (Å²) < 4.78 is 1.36. The van der Waals surface area contributed by atoms with Crippen LogP contribution < -0.4 is 10.9 Å². The molecule has 0 saturated heterocycles. The first-order chi connectivity index (χ1) is 10.1. The van der Waals surface area contributed by atoms with Gasteiger partial charge in [0.1, 0.15) is 16.2 Å². The third-order valence-corrected chi connectivity index (χ3v) is 3.71. The van der Waals surface area contributed by atoms with Crippen LogP contribution in [-0.2, 0) is 7.05 Å². The highest BCUT2D eigenvalue weighted by atomic mass is 32.1. The van der Waals surface area contributed by atoms with Crippen LogP contribution in [0.1, 0.15) is 15.4 Å². The van der Waals surface area contributed by atoms with Gasteiger partial charge in [-0.05, 0) is 25.1 Å². The molecular weight excluding hydrogens is 290 g/mol. The van der Waals surface area contributed by atoms with Gasteiger partial charge < -0.3 is 0 Å². The second kappa shape index (κ2) is 5.06. The van der Waals surface area contributed by atoms with E-state index in [2.05, 4.69) is 20.5 Å². The second-order valence-corrected chi connectivity index (χ2v) is 5.60. The molecule has 0 fully saturated rings. The standard InChI is InChI=1S/C13H11N5O2S/c1-7-16-17-13(21-7)15-11(19)9-6-8-4-3-5-14-10(8)18(2)12(9)20/h3-6H,1-2H3,(H,15,17,19). The summed E-state index contributed by atoms with van der Waals surface area (Å²) in [4.78, 5) is 28.6. The first-order valence-electron chi connectivity index (χ1n) is 6.12. The van der Waals surface area contributed by atoms with E-state index in [1.54, 1.807) is 32.3 Å². The van der Waals surface area contributed by atoms with E-state index in [9.17, 15) is 9.59 Å². The Labute approximate surface area is 123 Å². The predicted molar refractivity (Wildman–Crippen MR) is 79.6 cm³/mol. The quantitative estimate of drug-likeness (QED) is 0.771. The summed E-state index contributed by atoms with van der Waals surface area (Å²) in [5.41, 5.74) is 0.177. The molecule has 0 aliphatic rings. The van der Waals surface area contributed by atoms with E-state index in [1.165, 1.54) is 22.0 Å². The molecule has 3 aromatic rings. The molecule has 3 rings (SSSR count). The van der Waals surface area contributed by atoms with Crippen LogP contribution in [0, 0.1) is 6.92 Å². The van der Waals surface area contributed by atoms with E-state index in [1.807, 2.05) is 0 Å². The summed E-state index contributed by atoms with van der Waals surface area (Å²) in [7, 11) is 1.59. The Bertz CT molecular complexity index is 899. The fraction of sp³-hybridized carbons (Fsp3) is 0.154. The van der Waals surface area contributed by atoms with Crippen molar-refractivity contribution in [2.24, 2.45) is 7.05 Å². The molecule has 0 aliphatic heterocycles. The van der Waals surface area contributed by atoms with E-state index >= 15 is 0 Å². The maximum atomic E-state index is 12.2. The van der Waals surface area contributed by atoms with Crippen molar-refractivity contribution < 1.29 is 4.79 Å². The van der Waals surface area contributed by atoms with Crippen LogP contribution in [0.4, 0.5) is 5.13 Å². The van der Waals surface area contributed by atoms with Crippen molar-refractivity contribution in [3.05, 3.63) is 45.3 Å². The topological polar surface area (TPSA) is 89.8 Å². The van der Waals surface area contributed by atoms with Gasteiger partial charge in [0.25, 0.3) is 11.5 Å². The number of carbonyl (C=O) groups excluding carboxylic acids is 1. The Morgan fingerprint density at radius 2 is 2.19 bits per heavy atom. The molecule has 3 heterocycles. The van der Waals surface area contributed by atoms with E-state index in [-0.39, 0.29) is 5.56 Å². The Morgan fingerprint density at radius 3 is 2.90 bits per heavy atom. The van der Waals surface area contributed by atoms with E-state index in [0.717, 1.165) is 10.4 Å². The van der Waals surface area contributed by atoms with Crippen molar-refractivity contribution >= 4 is 33.4 Å². The fourth-order valence-electron chi connectivity index (χ4n) is 1.97. The summed E-state index contributed by atoms with van der Waals surface area (Å²) in [6.45, 7) is 1.79. The van der Waals surface area contributed by atoms with Crippen molar-refractivity contribution in [2.75, 3.05) is 5.32 Å². The van der Waals surface area contributed by atoms with Crippen LogP contribution >= 0.6 is 11.3 Å². The van der Waals surface area contributed by atoms with Crippen molar-refractivity contribution in [1.29, 1.82) is 0 Å². The number of hydrogen-bond acceptors (Lipinski definition) is 6. The number of hydrogen-bond donors (Lipinski definition) is 1. The molecule has 0 bridgehead atoms. The van der Waals surface area contributed by atoms with E-state index in [4.69, 9.17) is 0 Å². The third kappa shape index (κ3) is 2.40. The lowest BCUT2D eigenvalue weighted by molar-refractivity contribution is 0.102. The lowest BCUT2D eigenvalue weighted by Gasteiger charge is -2.07. The highest BCUT2D eigenvalue weighted by Gasteiger charge is 2.16. The SMILES string of the molecule is Cc1nnc(NC(=O)c2cc3cccnc3n(C)c2=O)s1. The van der Waals surface area contributed by atoms with Crippen LogP contribution in [0.25, 0.3) is 11.0 Å². The maximum Gasteiger partial charge on any atom is 0.264 e. The Balaban J connectivity index is 2.05. The van der Waals surface area contributed by atoms with Gasteiger partial charge in [0, 0.05) is 18.6 Å². The van der Waals surface area contributed by atoms with Gasteiger partial charge >= 0.3 is 0 Å². The van der Waals surface area contributed by atoms with Gasteiger partial charge in [0.15, 0.2) is 0 Å². The summed E-state index contributed by atoms with van der Waals surface area (Å²) >= 11 is 1.25. The van der Waals surface area contributed by atoms with Gasteiger partial charge in [-0.1, -0.05) is 11.3 Å². The lowest BCUT2D eigenvalue weighted by Crippen LogP contribution is -2.28. The molecule has 106 valence electrons. The zero-order chi connectivity index (χ0) is 15.0. The van der Waals surface area contributed by atoms with E-state index < -0.39 is 11.5 Å². The summed E-state index contributed by atoms with van der Waals surface area (Å²) in [6, 6.07) is 5.09. The number of nitrogens with one attached hydrogen (secondary N) is 1. The summed E-state index contributed by atoms with van der Waals surface area (Å²) in [5.74, 6) is -0.502. The number of amides is 1. The van der Waals surface area contributed by atoms with Gasteiger partial charge in [-0.15, -0.1) is 10.2 Å². The number of pyridine rings is 2. The van der Waals surface area contributed by atoms with Gasteiger partial charge in [-0.2, -0.15) is 0 Å². The number of rotatable bonds is 2. The average molecular weight is 301 g/mol. The number of anilines is 1. The second-order valence-electron chi connectivity index (χ2n) is 4.42. The first kappa shape index (κ1) is 13.4. The minimum absolute atomic E-state index is 0.0471. The van der Waals surface area contributed by atoms with Gasteiger partial charge in [0.2, 0.25) is 5.13 Å². The molecule has 0 saturated carbocycles. The van der Waals surface area contributed by atoms with Crippen LogP contribution in [0.2, 0.25) is 0 Å². The third-order valence-electron chi connectivity index (χ3n) is 2.96. The highest BCUT2D eigenvalue weighted by molar-refractivity contribution is 7.15.